The van der Waals surface area contributed by atoms with Crippen LogP contribution in [0.1, 0.15) is 47.0 Å². The van der Waals surface area contributed by atoms with E-state index in [1.807, 2.05) is 0 Å². The molecule has 9 heteroatoms. The van der Waals surface area contributed by atoms with Crippen LogP contribution >= 0.6 is 22.9 Å². The second-order valence-electron chi connectivity index (χ2n) is 8.07. The fourth-order valence-electron chi connectivity index (χ4n) is 4.09. The molecule has 0 bridgehead atoms. The quantitative estimate of drug-likeness (QED) is 0.484. The number of halogens is 1. The summed E-state index contributed by atoms with van der Waals surface area (Å²) in [6.07, 6.45) is 7.16. The van der Waals surface area contributed by atoms with E-state index >= 15 is 0 Å². The number of amides is 3. The highest BCUT2D eigenvalue weighted by atomic mass is 35.5. The van der Waals surface area contributed by atoms with Crippen LogP contribution in [0.4, 0.5) is 5.69 Å². The van der Waals surface area contributed by atoms with Gasteiger partial charge in [-0.25, -0.2) is 0 Å². The maximum Gasteiger partial charge on any atom is 0.261 e. The molecule has 2 N–H and O–H groups in total. The number of carbonyl (C=O) groups is 3. The average Bonchev–Trinajstić information content (AvgIpc) is 3.57. The molecule has 2 heterocycles. The Morgan fingerprint density at radius 2 is 1.76 bits per heavy atom. The fraction of sp³-hybridized carbons (Fsp3) is 0.280. The van der Waals surface area contributed by atoms with E-state index in [2.05, 4.69) is 15.6 Å². The average molecular weight is 497 g/mol. The lowest BCUT2D eigenvalue weighted by molar-refractivity contribution is -0.126. The molecule has 1 aliphatic rings. The molecule has 1 saturated carbocycles. The van der Waals surface area contributed by atoms with Crippen LogP contribution in [0.25, 0.3) is 0 Å². The van der Waals surface area contributed by atoms with Gasteiger partial charge in [0.1, 0.15) is 6.04 Å². The first kappa shape index (κ1) is 23.9. The van der Waals surface area contributed by atoms with Crippen LogP contribution in [0.2, 0.25) is 5.02 Å². The lowest BCUT2D eigenvalue weighted by atomic mass is 10.0. The van der Waals surface area contributed by atoms with Crippen LogP contribution in [-0.4, -0.2) is 35.3 Å². The van der Waals surface area contributed by atoms with Gasteiger partial charge in [-0.1, -0.05) is 30.5 Å². The van der Waals surface area contributed by atoms with Gasteiger partial charge < -0.3 is 10.6 Å². The van der Waals surface area contributed by atoms with Gasteiger partial charge in [-0.15, -0.1) is 11.3 Å². The van der Waals surface area contributed by atoms with Gasteiger partial charge in [-0.3, -0.25) is 24.3 Å². The molecule has 176 valence electrons. The van der Waals surface area contributed by atoms with Crippen molar-refractivity contribution in [3.05, 3.63) is 81.8 Å². The number of benzene rings is 1. The monoisotopic (exact) mass is 496 g/mol. The molecule has 1 atom stereocenters. The fourth-order valence-corrected chi connectivity index (χ4v) is 4.85. The second-order valence-corrected chi connectivity index (χ2v) is 9.46. The summed E-state index contributed by atoms with van der Waals surface area (Å²) < 4.78 is 0. The zero-order chi connectivity index (χ0) is 23.9. The van der Waals surface area contributed by atoms with Crippen molar-refractivity contribution in [1.29, 1.82) is 0 Å². The molecule has 1 fully saturated rings. The Kier molecular flexibility index (Phi) is 7.92. The zero-order valence-corrected chi connectivity index (χ0v) is 20.0. The third-order valence-electron chi connectivity index (χ3n) is 5.75. The topological polar surface area (TPSA) is 91.4 Å². The first-order valence-corrected chi connectivity index (χ1v) is 12.4. The molecule has 0 aliphatic heterocycles. The number of hydrogen-bond acceptors (Lipinski definition) is 5. The van der Waals surface area contributed by atoms with E-state index in [0.29, 0.717) is 21.2 Å². The van der Waals surface area contributed by atoms with Crippen LogP contribution in [0.3, 0.4) is 0 Å². The Hall–Kier alpha value is -3.23. The molecule has 2 aromatic heterocycles. The summed E-state index contributed by atoms with van der Waals surface area (Å²) >= 11 is 7.37. The highest BCUT2D eigenvalue weighted by Gasteiger charge is 2.34. The largest absolute Gasteiger partial charge is 0.351 e. The SMILES string of the molecule is O=C(NCC(=O)N(c1ccc(Cl)cc1)C(C(=O)NC1CCCC1)c1ccncc1)c1cccs1. The van der Waals surface area contributed by atoms with Gasteiger partial charge in [0.15, 0.2) is 0 Å². The number of aromatic nitrogens is 1. The molecular weight excluding hydrogens is 472 g/mol. The van der Waals surface area contributed by atoms with E-state index in [9.17, 15) is 14.4 Å². The Labute approximate surface area is 207 Å². The molecular formula is C25H25ClN4O3S. The van der Waals surface area contributed by atoms with Gasteiger partial charge in [-0.05, 0) is 66.2 Å². The number of rotatable bonds is 8. The van der Waals surface area contributed by atoms with Crippen LogP contribution in [0.15, 0.2) is 66.3 Å². The summed E-state index contributed by atoms with van der Waals surface area (Å²) in [6.45, 7) is -0.266. The minimum Gasteiger partial charge on any atom is -0.351 e. The van der Waals surface area contributed by atoms with Crippen molar-refractivity contribution >= 4 is 46.3 Å². The molecule has 1 unspecified atom stereocenters. The van der Waals surface area contributed by atoms with Crippen molar-refractivity contribution in [2.45, 2.75) is 37.8 Å². The van der Waals surface area contributed by atoms with E-state index in [4.69, 9.17) is 11.6 Å². The smallest absolute Gasteiger partial charge is 0.261 e. The molecule has 1 aromatic carbocycles. The van der Waals surface area contributed by atoms with Crippen molar-refractivity contribution in [3.8, 4) is 0 Å². The van der Waals surface area contributed by atoms with Gasteiger partial charge >= 0.3 is 0 Å². The lowest BCUT2D eigenvalue weighted by Gasteiger charge is -2.32. The van der Waals surface area contributed by atoms with Crippen molar-refractivity contribution in [2.75, 3.05) is 11.4 Å². The van der Waals surface area contributed by atoms with Crippen LogP contribution in [0.5, 0.6) is 0 Å². The van der Waals surface area contributed by atoms with Gasteiger partial charge in [-0.2, -0.15) is 0 Å². The third-order valence-corrected chi connectivity index (χ3v) is 6.87. The predicted octanol–water partition coefficient (Wildman–Crippen LogP) is 4.36. The molecule has 3 aromatic rings. The first-order valence-electron chi connectivity index (χ1n) is 11.1. The van der Waals surface area contributed by atoms with Crippen molar-refractivity contribution in [1.82, 2.24) is 15.6 Å². The standard InChI is InChI=1S/C25H25ClN4O3S/c26-18-7-9-20(10-8-18)30(22(31)16-28-24(32)21-6-3-15-34-21)23(17-11-13-27-14-12-17)25(33)29-19-4-1-2-5-19/h3,6-15,19,23H,1-2,4-5,16H2,(H,28,32)(H,29,33). The summed E-state index contributed by atoms with van der Waals surface area (Å²) in [6, 6.07) is 12.8. The summed E-state index contributed by atoms with van der Waals surface area (Å²) in [4.78, 5) is 45.5. The Morgan fingerprint density at radius 3 is 2.41 bits per heavy atom. The maximum atomic E-state index is 13.6. The number of thiophene rings is 1. The highest BCUT2D eigenvalue weighted by molar-refractivity contribution is 7.12. The Morgan fingerprint density at radius 1 is 1.06 bits per heavy atom. The van der Waals surface area contributed by atoms with E-state index in [1.165, 1.54) is 16.2 Å². The molecule has 0 spiro atoms. The van der Waals surface area contributed by atoms with Gasteiger partial charge in [0.25, 0.3) is 5.91 Å². The van der Waals surface area contributed by atoms with E-state index in [-0.39, 0.29) is 24.4 Å². The van der Waals surface area contributed by atoms with Crippen LogP contribution < -0.4 is 15.5 Å². The molecule has 7 nitrogen and oxygen atoms in total. The second kappa shape index (κ2) is 11.3. The van der Waals surface area contributed by atoms with Crippen LogP contribution in [0, 0.1) is 0 Å². The highest BCUT2D eigenvalue weighted by Crippen LogP contribution is 2.30. The molecule has 1 aliphatic carbocycles. The molecule has 3 amide bonds. The third kappa shape index (κ3) is 5.81. The molecule has 0 saturated heterocycles. The summed E-state index contributed by atoms with van der Waals surface area (Å²) in [5.41, 5.74) is 1.13. The van der Waals surface area contributed by atoms with Crippen molar-refractivity contribution in [2.24, 2.45) is 0 Å². The predicted molar refractivity (Wildman–Crippen MR) is 133 cm³/mol. The van der Waals surface area contributed by atoms with E-state index in [1.54, 1.807) is 66.3 Å². The number of nitrogens with zero attached hydrogens (tertiary/aromatic N) is 2. The number of carbonyl (C=O) groups excluding carboxylic acids is 3. The van der Waals surface area contributed by atoms with Gasteiger partial charge in [0.05, 0.1) is 11.4 Å². The maximum absolute atomic E-state index is 13.6. The minimum absolute atomic E-state index is 0.0811. The zero-order valence-electron chi connectivity index (χ0n) is 18.4. The molecule has 4 rings (SSSR count). The van der Waals surface area contributed by atoms with E-state index in [0.717, 1.165) is 25.7 Å². The molecule has 0 radical (unpaired) electrons. The molecule has 34 heavy (non-hydrogen) atoms. The number of pyridine rings is 1. The van der Waals surface area contributed by atoms with Crippen LogP contribution in [-0.2, 0) is 9.59 Å². The van der Waals surface area contributed by atoms with E-state index < -0.39 is 11.9 Å². The Bertz CT molecular complexity index is 1120. The number of hydrogen-bond donors (Lipinski definition) is 2. The van der Waals surface area contributed by atoms with Gasteiger partial charge in [0, 0.05) is 29.1 Å². The lowest BCUT2D eigenvalue weighted by Crippen LogP contribution is -2.49. The Balaban J connectivity index is 1.65. The number of anilines is 1. The minimum atomic E-state index is -0.934. The number of nitrogens with one attached hydrogen (secondary N) is 2. The normalized spacial score (nSPS) is 14.4. The van der Waals surface area contributed by atoms with Gasteiger partial charge in [0.2, 0.25) is 11.8 Å². The van der Waals surface area contributed by atoms with Crippen molar-refractivity contribution in [3.63, 3.8) is 0 Å². The summed E-state index contributed by atoms with van der Waals surface area (Å²) in [5, 5.41) is 8.10. The first-order chi connectivity index (χ1) is 16.5. The summed E-state index contributed by atoms with van der Waals surface area (Å²) in [7, 11) is 0. The van der Waals surface area contributed by atoms with Crippen molar-refractivity contribution < 1.29 is 14.4 Å². The summed E-state index contributed by atoms with van der Waals surface area (Å²) in [5.74, 6) is -1.03.